The average molecular weight is 188 g/mol. The molecule has 1 aromatic carbocycles. The second-order valence-corrected chi connectivity index (χ2v) is 3.03. The Hall–Kier alpha value is -1.03. The molecule has 1 aromatic rings. The van der Waals surface area contributed by atoms with Crippen molar-refractivity contribution in [2.45, 2.75) is 19.1 Å². The van der Waals surface area contributed by atoms with Crippen LogP contribution < -0.4 is 0 Å². The number of hydrogen-bond acceptors (Lipinski definition) is 1. The smallest absolute Gasteiger partial charge is 0.194 e. The molecule has 1 saturated heterocycles. The SMILES string of the molecule is CC1OC1c1ccc(F)c(F)c1F. The van der Waals surface area contributed by atoms with E-state index in [9.17, 15) is 13.2 Å². The van der Waals surface area contributed by atoms with Crippen LogP contribution >= 0.6 is 0 Å². The van der Waals surface area contributed by atoms with Crippen molar-refractivity contribution in [3.63, 3.8) is 0 Å². The monoisotopic (exact) mass is 188 g/mol. The van der Waals surface area contributed by atoms with E-state index in [0.717, 1.165) is 6.07 Å². The Balaban J connectivity index is 2.43. The van der Waals surface area contributed by atoms with Crippen molar-refractivity contribution in [3.05, 3.63) is 35.1 Å². The van der Waals surface area contributed by atoms with Crippen molar-refractivity contribution in [2.24, 2.45) is 0 Å². The molecule has 0 bridgehead atoms. The van der Waals surface area contributed by atoms with E-state index in [4.69, 9.17) is 4.74 Å². The molecule has 1 nitrogen and oxygen atoms in total. The maximum Gasteiger partial charge on any atom is 0.194 e. The first-order valence-corrected chi connectivity index (χ1v) is 3.90. The van der Waals surface area contributed by atoms with Crippen LogP contribution in [-0.2, 0) is 4.74 Å². The minimum atomic E-state index is -1.43. The first-order chi connectivity index (χ1) is 6.11. The Labute approximate surface area is 73.1 Å². The maximum atomic E-state index is 13.0. The standard InChI is InChI=1S/C9H7F3O/c1-4-9(13-4)5-2-3-6(10)8(12)7(5)11/h2-4,9H,1H3. The number of halogens is 3. The van der Waals surface area contributed by atoms with E-state index in [-0.39, 0.29) is 11.7 Å². The van der Waals surface area contributed by atoms with Crippen LogP contribution in [0.2, 0.25) is 0 Å². The fraction of sp³-hybridized carbons (Fsp3) is 0.333. The Morgan fingerprint density at radius 2 is 1.77 bits per heavy atom. The van der Waals surface area contributed by atoms with Gasteiger partial charge in [0.2, 0.25) is 0 Å². The molecule has 1 fully saturated rings. The molecule has 1 aliphatic heterocycles. The van der Waals surface area contributed by atoms with Crippen LogP contribution in [0.3, 0.4) is 0 Å². The summed E-state index contributed by atoms with van der Waals surface area (Å²) in [4.78, 5) is 0. The molecular weight excluding hydrogens is 181 g/mol. The molecule has 0 saturated carbocycles. The Morgan fingerprint density at radius 3 is 2.31 bits per heavy atom. The first-order valence-electron chi connectivity index (χ1n) is 3.90. The molecule has 2 atom stereocenters. The number of hydrogen-bond donors (Lipinski definition) is 0. The topological polar surface area (TPSA) is 12.5 Å². The predicted molar refractivity (Wildman–Crippen MR) is 39.6 cm³/mol. The molecule has 0 N–H and O–H groups in total. The molecule has 0 amide bonds. The fourth-order valence-electron chi connectivity index (χ4n) is 1.27. The second-order valence-electron chi connectivity index (χ2n) is 3.03. The molecule has 0 spiro atoms. The quantitative estimate of drug-likeness (QED) is 0.487. The van der Waals surface area contributed by atoms with E-state index in [1.807, 2.05) is 0 Å². The van der Waals surface area contributed by atoms with E-state index >= 15 is 0 Å². The maximum absolute atomic E-state index is 13.0. The molecule has 2 rings (SSSR count). The number of benzene rings is 1. The van der Waals surface area contributed by atoms with Gasteiger partial charge in [-0.3, -0.25) is 0 Å². The highest BCUT2D eigenvalue weighted by Crippen LogP contribution is 2.39. The van der Waals surface area contributed by atoms with Crippen molar-refractivity contribution in [2.75, 3.05) is 0 Å². The molecule has 2 unspecified atom stereocenters. The number of ether oxygens (including phenoxy) is 1. The molecule has 0 aliphatic carbocycles. The van der Waals surface area contributed by atoms with Crippen molar-refractivity contribution in [1.82, 2.24) is 0 Å². The van der Waals surface area contributed by atoms with Gasteiger partial charge in [-0.25, -0.2) is 13.2 Å². The largest absolute Gasteiger partial charge is 0.365 e. The van der Waals surface area contributed by atoms with Gasteiger partial charge in [0.15, 0.2) is 17.5 Å². The molecule has 4 heteroatoms. The van der Waals surface area contributed by atoms with Crippen molar-refractivity contribution >= 4 is 0 Å². The number of epoxide rings is 1. The Morgan fingerprint density at radius 1 is 1.15 bits per heavy atom. The molecular formula is C9H7F3O. The lowest BCUT2D eigenvalue weighted by Crippen LogP contribution is -1.97. The van der Waals surface area contributed by atoms with Gasteiger partial charge < -0.3 is 4.74 Å². The normalized spacial score (nSPS) is 26.2. The van der Waals surface area contributed by atoms with Gasteiger partial charge in [0.1, 0.15) is 6.10 Å². The van der Waals surface area contributed by atoms with Crippen molar-refractivity contribution in [3.8, 4) is 0 Å². The van der Waals surface area contributed by atoms with Gasteiger partial charge in [-0.2, -0.15) is 0 Å². The third kappa shape index (κ3) is 1.31. The van der Waals surface area contributed by atoms with E-state index in [0.29, 0.717) is 0 Å². The highest BCUT2D eigenvalue weighted by molar-refractivity contribution is 5.25. The van der Waals surface area contributed by atoms with Gasteiger partial charge in [-0.1, -0.05) is 6.07 Å². The average Bonchev–Trinajstić information content (AvgIpc) is 2.79. The Bertz CT molecular complexity index is 351. The van der Waals surface area contributed by atoms with E-state index in [1.165, 1.54) is 6.07 Å². The summed E-state index contributed by atoms with van der Waals surface area (Å²) < 4.78 is 43.2. The molecule has 1 aliphatic rings. The van der Waals surface area contributed by atoms with Crippen LogP contribution in [0.4, 0.5) is 13.2 Å². The number of rotatable bonds is 1. The first kappa shape index (κ1) is 8.56. The highest BCUT2D eigenvalue weighted by Gasteiger charge is 2.38. The lowest BCUT2D eigenvalue weighted by molar-refractivity contribution is 0.371. The molecule has 13 heavy (non-hydrogen) atoms. The van der Waals surface area contributed by atoms with Gasteiger partial charge in [0.25, 0.3) is 0 Å². The van der Waals surface area contributed by atoms with Gasteiger partial charge in [-0.15, -0.1) is 0 Å². The zero-order chi connectivity index (χ0) is 9.59. The van der Waals surface area contributed by atoms with E-state index in [2.05, 4.69) is 0 Å². The van der Waals surface area contributed by atoms with Crippen LogP contribution in [0.25, 0.3) is 0 Å². The molecule has 1 heterocycles. The van der Waals surface area contributed by atoms with E-state index < -0.39 is 23.6 Å². The predicted octanol–water partition coefficient (Wildman–Crippen LogP) is 2.56. The zero-order valence-electron chi connectivity index (χ0n) is 6.85. The second kappa shape index (κ2) is 2.73. The fourth-order valence-corrected chi connectivity index (χ4v) is 1.27. The van der Waals surface area contributed by atoms with Crippen LogP contribution in [0.15, 0.2) is 12.1 Å². The minimum Gasteiger partial charge on any atom is -0.365 e. The van der Waals surface area contributed by atoms with Gasteiger partial charge in [0.05, 0.1) is 6.10 Å². The van der Waals surface area contributed by atoms with Crippen LogP contribution in [0.5, 0.6) is 0 Å². The Kier molecular flexibility index (Phi) is 1.80. The molecule has 70 valence electrons. The summed E-state index contributed by atoms with van der Waals surface area (Å²) in [5.41, 5.74) is 0.0893. The summed E-state index contributed by atoms with van der Waals surface area (Å²) in [6.45, 7) is 1.74. The van der Waals surface area contributed by atoms with Crippen LogP contribution in [0, 0.1) is 17.5 Å². The third-order valence-corrected chi connectivity index (χ3v) is 2.08. The lowest BCUT2D eigenvalue weighted by atomic mass is 10.1. The van der Waals surface area contributed by atoms with Gasteiger partial charge in [-0.05, 0) is 13.0 Å². The summed E-state index contributed by atoms with van der Waals surface area (Å²) in [5, 5.41) is 0. The summed E-state index contributed by atoms with van der Waals surface area (Å²) >= 11 is 0. The van der Waals surface area contributed by atoms with Gasteiger partial charge >= 0.3 is 0 Å². The van der Waals surface area contributed by atoms with Gasteiger partial charge in [0, 0.05) is 5.56 Å². The minimum absolute atomic E-state index is 0.0893. The van der Waals surface area contributed by atoms with E-state index in [1.54, 1.807) is 6.92 Å². The molecule has 0 radical (unpaired) electrons. The summed E-state index contributed by atoms with van der Waals surface area (Å²) in [6.07, 6.45) is -0.533. The van der Waals surface area contributed by atoms with Crippen LogP contribution in [0.1, 0.15) is 18.6 Å². The molecule has 0 aromatic heterocycles. The lowest BCUT2D eigenvalue weighted by Gasteiger charge is -2.00. The summed E-state index contributed by atoms with van der Waals surface area (Å²) in [5.74, 6) is -3.75. The highest BCUT2D eigenvalue weighted by atomic mass is 19.2. The summed E-state index contributed by atoms with van der Waals surface area (Å²) in [6, 6.07) is 2.12. The van der Waals surface area contributed by atoms with Crippen molar-refractivity contribution < 1.29 is 17.9 Å². The van der Waals surface area contributed by atoms with Crippen LogP contribution in [-0.4, -0.2) is 6.10 Å². The zero-order valence-corrected chi connectivity index (χ0v) is 6.85. The summed E-state index contributed by atoms with van der Waals surface area (Å²) in [7, 11) is 0. The van der Waals surface area contributed by atoms with Crippen molar-refractivity contribution in [1.29, 1.82) is 0 Å². The third-order valence-electron chi connectivity index (χ3n) is 2.08.